The van der Waals surface area contributed by atoms with Gasteiger partial charge in [0, 0.05) is 26.1 Å². The lowest BCUT2D eigenvalue weighted by atomic mass is 9.97. The second kappa shape index (κ2) is 9.15. The smallest absolute Gasteiger partial charge is 0.295 e. The van der Waals surface area contributed by atoms with Crippen LogP contribution in [0.2, 0.25) is 0 Å². The third kappa shape index (κ3) is 4.28. The first-order valence-corrected chi connectivity index (χ1v) is 12.2. The minimum absolute atomic E-state index is 0.0294. The van der Waals surface area contributed by atoms with E-state index < -0.39 is 32.5 Å². The summed E-state index contributed by atoms with van der Waals surface area (Å²) in [5.41, 5.74) is 1.01. The zero-order valence-electron chi connectivity index (χ0n) is 18.7. The first kappa shape index (κ1) is 23.8. The maximum Gasteiger partial charge on any atom is 0.295 e. The molecule has 2 heterocycles. The summed E-state index contributed by atoms with van der Waals surface area (Å²) in [6.45, 7) is 1.66. The molecular formula is C23H24F2N4O4S. The average molecular weight is 491 g/mol. The zero-order valence-corrected chi connectivity index (χ0v) is 19.5. The van der Waals surface area contributed by atoms with Crippen molar-refractivity contribution in [1.29, 1.82) is 0 Å². The molecule has 1 aromatic heterocycles. The van der Waals surface area contributed by atoms with Crippen molar-refractivity contribution in [3.63, 3.8) is 0 Å². The van der Waals surface area contributed by atoms with E-state index in [9.17, 15) is 26.8 Å². The number of piperidine rings is 1. The monoisotopic (exact) mass is 490 g/mol. The highest BCUT2D eigenvalue weighted by Gasteiger charge is 2.34. The number of anilines is 1. The summed E-state index contributed by atoms with van der Waals surface area (Å²) in [6.07, 6.45) is 0.363. The Hall–Kier alpha value is -3.31. The van der Waals surface area contributed by atoms with Crippen LogP contribution >= 0.6 is 0 Å². The van der Waals surface area contributed by atoms with Gasteiger partial charge in [0.25, 0.3) is 5.56 Å². The van der Waals surface area contributed by atoms with Gasteiger partial charge in [-0.05, 0) is 50.1 Å². The molecule has 1 aliphatic heterocycles. The molecule has 0 aliphatic carbocycles. The molecule has 4 rings (SSSR count). The molecule has 0 atom stereocenters. The summed E-state index contributed by atoms with van der Waals surface area (Å²) in [5, 5.41) is 2.71. The quantitative estimate of drug-likeness (QED) is 0.595. The molecule has 0 spiro atoms. The lowest BCUT2D eigenvalue weighted by Gasteiger charge is -2.30. The summed E-state index contributed by atoms with van der Waals surface area (Å²) in [5.74, 6) is -2.81. The van der Waals surface area contributed by atoms with Gasteiger partial charge in [0.2, 0.25) is 15.9 Å². The number of carbonyl (C=O) groups is 1. The third-order valence-electron chi connectivity index (χ3n) is 6.14. The van der Waals surface area contributed by atoms with Crippen molar-refractivity contribution in [2.45, 2.75) is 24.7 Å². The van der Waals surface area contributed by atoms with Crippen molar-refractivity contribution >= 4 is 21.6 Å². The highest BCUT2D eigenvalue weighted by Crippen LogP contribution is 2.27. The van der Waals surface area contributed by atoms with Gasteiger partial charge in [0.15, 0.2) is 0 Å². The van der Waals surface area contributed by atoms with Gasteiger partial charge in [-0.15, -0.1) is 0 Å². The molecule has 0 radical (unpaired) electrons. The van der Waals surface area contributed by atoms with Crippen molar-refractivity contribution in [2.24, 2.45) is 13.0 Å². The SMILES string of the molecule is Cc1c(NC(=O)C2CCN(S(=O)(=O)c3cc(F)ccc3F)CC2)c(=O)n(-c2ccccc2)n1C. The van der Waals surface area contributed by atoms with Crippen molar-refractivity contribution in [3.05, 3.63) is 76.2 Å². The van der Waals surface area contributed by atoms with Crippen molar-refractivity contribution in [3.8, 4) is 5.69 Å². The molecule has 0 unspecified atom stereocenters. The van der Waals surface area contributed by atoms with Crippen LogP contribution < -0.4 is 10.9 Å². The van der Waals surface area contributed by atoms with Crippen LogP contribution in [0, 0.1) is 24.5 Å². The molecule has 0 saturated carbocycles. The number of nitrogens with zero attached hydrogens (tertiary/aromatic N) is 3. The predicted octanol–water partition coefficient (Wildman–Crippen LogP) is 2.80. The molecule has 2 aromatic carbocycles. The number of nitrogens with one attached hydrogen (secondary N) is 1. The van der Waals surface area contributed by atoms with E-state index in [4.69, 9.17) is 0 Å². The fourth-order valence-electron chi connectivity index (χ4n) is 4.11. The van der Waals surface area contributed by atoms with Gasteiger partial charge in [-0.1, -0.05) is 18.2 Å². The minimum atomic E-state index is -4.24. The molecule has 1 fully saturated rings. The Kier molecular flexibility index (Phi) is 6.41. The van der Waals surface area contributed by atoms with Gasteiger partial charge in [0.05, 0.1) is 11.4 Å². The number of benzene rings is 2. The zero-order chi connectivity index (χ0) is 24.6. The number of hydrogen-bond acceptors (Lipinski definition) is 4. The van der Waals surface area contributed by atoms with Gasteiger partial charge < -0.3 is 5.32 Å². The number of aromatic nitrogens is 2. The van der Waals surface area contributed by atoms with Crippen LogP contribution in [0.15, 0.2) is 58.2 Å². The first-order valence-electron chi connectivity index (χ1n) is 10.7. The fraction of sp³-hybridized carbons (Fsp3) is 0.304. The van der Waals surface area contributed by atoms with Crippen molar-refractivity contribution in [1.82, 2.24) is 13.7 Å². The van der Waals surface area contributed by atoms with Crippen molar-refractivity contribution in [2.75, 3.05) is 18.4 Å². The summed E-state index contributed by atoms with van der Waals surface area (Å²) >= 11 is 0. The van der Waals surface area contributed by atoms with Crippen LogP contribution in [0.25, 0.3) is 5.69 Å². The second-order valence-corrected chi connectivity index (χ2v) is 10.1. The molecule has 8 nitrogen and oxygen atoms in total. The standard InChI is InChI=1S/C23H24F2N4O4S/c1-15-21(23(31)29(27(15)2)18-6-4-3-5-7-18)26-22(30)16-10-12-28(13-11-16)34(32,33)20-14-17(24)8-9-19(20)25/h3-9,14,16H,10-13H2,1-2H3,(H,26,30). The third-order valence-corrected chi connectivity index (χ3v) is 8.05. The first-order chi connectivity index (χ1) is 16.1. The number of sulfonamides is 1. The lowest BCUT2D eigenvalue weighted by Crippen LogP contribution is -2.42. The molecule has 1 N–H and O–H groups in total. The number of hydrogen-bond donors (Lipinski definition) is 1. The average Bonchev–Trinajstić information content (AvgIpc) is 3.04. The number of halogens is 2. The Morgan fingerprint density at radius 1 is 1.06 bits per heavy atom. The van der Waals surface area contributed by atoms with E-state index in [1.165, 1.54) is 4.68 Å². The number of rotatable bonds is 5. The maximum atomic E-state index is 14.0. The van der Waals surface area contributed by atoms with Crippen molar-refractivity contribution < 1.29 is 22.0 Å². The molecule has 1 saturated heterocycles. The maximum absolute atomic E-state index is 14.0. The Morgan fingerprint density at radius 2 is 1.71 bits per heavy atom. The summed E-state index contributed by atoms with van der Waals surface area (Å²) in [7, 11) is -2.52. The second-order valence-electron chi connectivity index (χ2n) is 8.18. The summed E-state index contributed by atoms with van der Waals surface area (Å²) < 4.78 is 57.2. The lowest BCUT2D eigenvalue weighted by molar-refractivity contribution is -0.120. The molecule has 0 bridgehead atoms. The van der Waals surface area contributed by atoms with Gasteiger partial charge in [0.1, 0.15) is 22.2 Å². The highest BCUT2D eigenvalue weighted by atomic mass is 32.2. The van der Waals surface area contributed by atoms with Gasteiger partial charge in [-0.2, -0.15) is 4.31 Å². The van der Waals surface area contributed by atoms with Crippen LogP contribution in [-0.4, -0.2) is 41.1 Å². The number of carbonyl (C=O) groups excluding carboxylic acids is 1. The molecule has 11 heteroatoms. The van der Waals surface area contributed by atoms with Gasteiger partial charge in [-0.25, -0.2) is 21.9 Å². The minimum Gasteiger partial charge on any atom is -0.320 e. The van der Waals surface area contributed by atoms with E-state index in [0.717, 1.165) is 16.4 Å². The Bertz CT molecular complexity index is 1390. The van der Waals surface area contributed by atoms with E-state index in [1.807, 2.05) is 6.07 Å². The van der Waals surface area contributed by atoms with Crippen LogP contribution in [0.4, 0.5) is 14.5 Å². The topological polar surface area (TPSA) is 93.4 Å². The largest absolute Gasteiger partial charge is 0.320 e. The van der Waals surface area contributed by atoms with Gasteiger partial charge >= 0.3 is 0 Å². The normalized spacial score (nSPS) is 15.4. The summed E-state index contributed by atoms with van der Waals surface area (Å²) in [4.78, 5) is 25.2. The number of para-hydroxylation sites is 1. The molecule has 34 heavy (non-hydrogen) atoms. The summed E-state index contributed by atoms with van der Waals surface area (Å²) in [6, 6.07) is 11.3. The number of amides is 1. The Balaban J connectivity index is 1.48. The van der Waals surface area contributed by atoms with Crippen LogP contribution in [0.5, 0.6) is 0 Å². The Morgan fingerprint density at radius 3 is 2.35 bits per heavy atom. The van der Waals surface area contributed by atoms with Gasteiger partial charge in [-0.3, -0.25) is 14.3 Å². The van der Waals surface area contributed by atoms with E-state index in [1.54, 1.807) is 42.9 Å². The molecule has 180 valence electrons. The van der Waals surface area contributed by atoms with E-state index in [-0.39, 0.29) is 43.1 Å². The molecule has 1 amide bonds. The van der Waals surface area contributed by atoms with Crippen LogP contribution in [0.1, 0.15) is 18.5 Å². The van der Waals surface area contributed by atoms with E-state index in [0.29, 0.717) is 17.4 Å². The van der Waals surface area contributed by atoms with E-state index in [2.05, 4.69) is 5.32 Å². The molecular weight excluding hydrogens is 466 g/mol. The molecule has 3 aromatic rings. The van der Waals surface area contributed by atoms with Crippen LogP contribution in [-0.2, 0) is 21.9 Å². The molecule has 1 aliphatic rings. The predicted molar refractivity (Wildman–Crippen MR) is 122 cm³/mol. The Labute approximate surface area is 195 Å². The van der Waals surface area contributed by atoms with Crippen LogP contribution in [0.3, 0.4) is 0 Å². The highest BCUT2D eigenvalue weighted by molar-refractivity contribution is 7.89. The fourth-order valence-corrected chi connectivity index (χ4v) is 5.66. The van der Waals surface area contributed by atoms with E-state index >= 15 is 0 Å².